The van der Waals surface area contributed by atoms with Crippen molar-refractivity contribution in [2.75, 3.05) is 0 Å². The standard InChI is InChI=1S/C40H43O5PS/c1-28-24-33(39(3,4)5)37-35(26-28)47-36-27-29(2)25-34(40(6,7)8)38(36)45-46(44-37,41-30-18-12-9-13-19-30,42-31-20-14-10-15-21-31)43-32-22-16-11-17-23-32/h9-27H,1-8H3. The summed E-state index contributed by atoms with van der Waals surface area (Å²) in [4.78, 5) is 1.84. The Morgan fingerprint density at radius 1 is 0.489 bits per heavy atom. The molecule has 0 fully saturated rings. The van der Waals surface area contributed by atoms with Crippen LogP contribution in [-0.4, -0.2) is 0 Å². The summed E-state index contributed by atoms with van der Waals surface area (Å²) < 4.78 is 36.2. The minimum atomic E-state index is -5.35. The molecule has 7 heteroatoms. The van der Waals surface area contributed by atoms with E-state index in [2.05, 4.69) is 79.7 Å². The summed E-state index contributed by atoms with van der Waals surface area (Å²) >= 11 is 1.63. The molecule has 0 radical (unpaired) electrons. The van der Waals surface area contributed by atoms with Gasteiger partial charge in [0, 0.05) is 0 Å². The molecule has 47 heavy (non-hydrogen) atoms. The van der Waals surface area contributed by atoms with E-state index in [4.69, 9.17) is 22.6 Å². The van der Waals surface area contributed by atoms with Crippen LogP contribution in [0.4, 0.5) is 0 Å². The molecule has 0 bridgehead atoms. The molecule has 1 heterocycles. The predicted molar refractivity (Wildman–Crippen MR) is 193 cm³/mol. The Hall–Kier alpha value is -4.12. The molecule has 5 aromatic rings. The van der Waals surface area contributed by atoms with Crippen LogP contribution in [0.2, 0.25) is 0 Å². The molecule has 0 N–H and O–H groups in total. The van der Waals surface area contributed by atoms with E-state index >= 15 is 0 Å². The average molecular weight is 667 g/mol. The number of aryl methyl sites for hydroxylation is 2. The number of hydrogen-bond donors (Lipinski definition) is 0. The molecule has 1 aliphatic heterocycles. The SMILES string of the molecule is Cc1cc2c(c(C(C)(C)C)c1)OP(Oc1ccccc1)(Oc1ccccc1)(Oc1ccccc1)Oc1c(cc(C)cc1C(C)(C)C)S2. The van der Waals surface area contributed by atoms with E-state index in [0.717, 1.165) is 32.0 Å². The molecule has 244 valence electrons. The molecule has 0 amide bonds. The maximum absolute atomic E-state index is 7.41. The van der Waals surface area contributed by atoms with E-state index in [0.29, 0.717) is 28.7 Å². The van der Waals surface area contributed by atoms with Crippen LogP contribution in [0.25, 0.3) is 0 Å². The predicted octanol–water partition coefficient (Wildman–Crippen LogP) is 12.2. The molecular formula is C40H43O5PS. The van der Waals surface area contributed by atoms with Gasteiger partial charge >= 0.3 is 284 Å². The van der Waals surface area contributed by atoms with Crippen LogP contribution in [-0.2, 0) is 10.8 Å². The first-order chi connectivity index (χ1) is 22.2. The van der Waals surface area contributed by atoms with Gasteiger partial charge in [0.15, 0.2) is 0 Å². The zero-order valence-corrected chi connectivity index (χ0v) is 30.1. The van der Waals surface area contributed by atoms with Crippen LogP contribution in [0.15, 0.2) is 125 Å². The van der Waals surface area contributed by atoms with Crippen LogP contribution in [0.3, 0.4) is 0 Å². The summed E-state index contributed by atoms with van der Waals surface area (Å²) in [6.45, 7) is 17.3. The Morgan fingerprint density at radius 2 is 0.809 bits per heavy atom. The van der Waals surface area contributed by atoms with Gasteiger partial charge in [-0.05, 0) is 0 Å². The molecule has 5 nitrogen and oxygen atoms in total. The Balaban J connectivity index is 1.79. The maximum atomic E-state index is 7.41. The van der Waals surface area contributed by atoms with E-state index in [9.17, 15) is 0 Å². The van der Waals surface area contributed by atoms with Crippen molar-refractivity contribution in [3.8, 4) is 28.7 Å². The van der Waals surface area contributed by atoms with Gasteiger partial charge in [-0.2, -0.15) is 0 Å². The van der Waals surface area contributed by atoms with Gasteiger partial charge in [0.1, 0.15) is 0 Å². The van der Waals surface area contributed by atoms with Crippen molar-refractivity contribution >= 4 is 19.5 Å². The summed E-state index contributed by atoms with van der Waals surface area (Å²) in [5.41, 5.74) is 3.58. The monoisotopic (exact) mass is 666 g/mol. The second kappa shape index (κ2) is 12.2. The molecule has 0 aromatic heterocycles. The number of fused-ring (bicyclic) bond motifs is 2. The molecule has 0 aliphatic carbocycles. The van der Waals surface area contributed by atoms with Crippen molar-refractivity contribution in [3.63, 3.8) is 0 Å². The molecule has 5 aromatic carbocycles. The van der Waals surface area contributed by atoms with Crippen molar-refractivity contribution in [3.05, 3.63) is 138 Å². The molecular weight excluding hydrogens is 623 g/mol. The Labute approximate surface area is 283 Å². The zero-order valence-electron chi connectivity index (χ0n) is 28.4. The van der Waals surface area contributed by atoms with Gasteiger partial charge in [0.25, 0.3) is 0 Å². The number of rotatable bonds is 6. The number of para-hydroxylation sites is 3. The Morgan fingerprint density at radius 3 is 1.11 bits per heavy atom. The second-order valence-corrected chi connectivity index (χ2v) is 17.5. The fourth-order valence-electron chi connectivity index (χ4n) is 5.50. The topological polar surface area (TPSA) is 46.2 Å². The van der Waals surface area contributed by atoms with Gasteiger partial charge in [0.05, 0.1) is 0 Å². The molecule has 0 atom stereocenters. The van der Waals surface area contributed by atoms with E-state index in [1.54, 1.807) is 11.8 Å². The number of benzene rings is 5. The van der Waals surface area contributed by atoms with Gasteiger partial charge in [-0.3, -0.25) is 0 Å². The quantitative estimate of drug-likeness (QED) is 0.168. The summed E-state index contributed by atoms with van der Waals surface area (Å²) in [7, 11) is -5.35. The summed E-state index contributed by atoms with van der Waals surface area (Å²) in [5, 5.41) is 0. The van der Waals surface area contributed by atoms with E-state index in [1.165, 1.54) is 0 Å². The van der Waals surface area contributed by atoms with Gasteiger partial charge in [-0.15, -0.1) is 0 Å². The van der Waals surface area contributed by atoms with Crippen LogP contribution < -0.4 is 22.6 Å². The molecule has 1 aliphatic rings. The van der Waals surface area contributed by atoms with Gasteiger partial charge in [0.2, 0.25) is 0 Å². The van der Waals surface area contributed by atoms with E-state index in [-0.39, 0.29) is 10.8 Å². The van der Waals surface area contributed by atoms with Gasteiger partial charge in [-0.25, -0.2) is 0 Å². The van der Waals surface area contributed by atoms with Crippen molar-refractivity contribution < 1.29 is 22.6 Å². The fraction of sp³-hybridized carbons (Fsp3) is 0.250. The Bertz CT molecular complexity index is 1700. The first kappa shape index (κ1) is 32.8. The van der Waals surface area contributed by atoms with Crippen LogP contribution in [0.1, 0.15) is 63.8 Å². The van der Waals surface area contributed by atoms with Crippen LogP contribution in [0.5, 0.6) is 28.7 Å². The normalized spacial score (nSPS) is 16.0. The molecule has 0 saturated carbocycles. The van der Waals surface area contributed by atoms with E-state index < -0.39 is 7.74 Å². The third-order valence-corrected chi connectivity index (χ3v) is 11.2. The van der Waals surface area contributed by atoms with E-state index in [1.807, 2.05) is 91.0 Å². The fourth-order valence-corrected chi connectivity index (χ4v) is 9.60. The first-order valence-electron chi connectivity index (χ1n) is 15.9. The minimum absolute atomic E-state index is 0.311. The number of hydrogen-bond acceptors (Lipinski definition) is 6. The van der Waals surface area contributed by atoms with Crippen LogP contribution in [0, 0.1) is 13.8 Å². The van der Waals surface area contributed by atoms with Crippen molar-refractivity contribution in [2.24, 2.45) is 0 Å². The van der Waals surface area contributed by atoms with Gasteiger partial charge < -0.3 is 0 Å². The van der Waals surface area contributed by atoms with Gasteiger partial charge in [-0.1, -0.05) is 0 Å². The summed E-state index contributed by atoms with van der Waals surface area (Å²) in [5.74, 6) is 2.61. The third-order valence-electron chi connectivity index (χ3n) is 7.71. The van der Waals surface area contributed by atoms with Crippen molar-refractivity contribution in [1.82, 2.24) is 0 Å². The van der Waals surface area contributed by atoms with Crippen molar-refractivity contribution in [2.45, 2.75) is 76.0 Å². The molecule has 0 saturated heterocycles. The summed E-state index contributed by atoms with van der Waals surface area (Å²) in [6, 6.07) is 37.0. The average Bonchev–Trinajstić information content (AvgIpc) is 2.99. The third kappa shape index (κ3) is 6.95. The zero-order chi connectivity index (χ0) is 33.5. The molecule has 0 spiro atoms. The molecule has 0 unspecified atom stereocenters. The first-order valence-corrected chi connectivity index (χ1v) is 18.5. The Kier molecular flexibility index (Phi) is 8.48. The summed E-state index contributed by atoms with van der Waals surface area (Å²) in [6.07, 6.45) is 0. The second-order valence-electron chi connectivity index (χ2n) is 14.0. The van der Waals surface area contributed by atoms with Crippen molar-refractivity contribution in [1.29, 1.82) is 0 Å². The van der Waals surface area contributed by atoms with Crippen LogP contribution >= 0.6 is 19.5 Å². The molecule has 6 rings (SSSR count).